The molecule has 0 spiro atoms. The van der Waals surface area contributed by atoms with Crippen molar-refractivity contribution in [3.05, 3.63) is 58.8 Å². The monoisotopic (exact) mass is 438 g/mol. The number of amides is 1. The first-order valence-corrected chi connectivity index (χ1v) is 10.3. The van der Waals surface area contributed by atoms with E-state index in [-0.39, 0.29) is 17.2 Å². The summed E-state index contributed by atoms with van der Waals surface area (Å²) in [5.74, 6) is 1.89. The molecule has 0 radical (unpaired) electrons. The molecule has 168 valence electrons. The highest BCUT2D eigenvalue weighted by molar-refractivity contribution is 6.01. The second-order valence-electron chi connectivity index (χ2n) is 7.63. The molecule has 1 N–H and O–H groups in total. The highest BCUT2D eigenvalue weighted by Gasteiger charge is 2.32. The Morgan fingerprint density at radius 1 is 1.06 bits per heavy atom. The number of rotatable bonds is 6. The van der Waals surface area contributed by atoms with Crippen molar-refractivity contribution in [2.24, 2.45) is 0 Å². The number of nitrogens with zero attached hydrogens (tertiary/aromatic N) is 2. The largest absolute Gasteiger partial charge is 0.497 e. The summed E-state index contributed by atoms with van der Waals surface area (Å²) in [5, 5.41) is 14.3. The van der Waals surface area contributed by atoms with Gasteiger partial charge < -0.3 is 28.7 Å². The normalized spacial score (nSPS) is 14.0. The molecule has 1 aliphatic heterocycles. The fraction of sp³-hybridized carbons (Fsp3) is 0.333. The smallest absolute Gasteiger partial charge is 0.260 e. The van der Waals surface area contributed by atoms with E-state index < -0.39 is 6.10 Å². The van der Waals surface area contributed by atoms with Crippen LogP contribution in [0.15, 0.2) is 40.9 Å². The van der Waals surface area contributed by atoms with Crippen LogP contribution in [0.1, 0.15) is 40.3 Å². The maximum absolute atomic E-state index is 13.6. The number of hydrogen-bond acceptors (Lipinski definition) is 7. The molecule has 2 aromatic carbocycles. The number of ether oxygens (including phenoxy) is 3. The first kappa shape index (κ1) is 21.7. The van der Waals surface area contributed by atoms with Crippen molar-refractivity contribution in [3.8, 4) is 28.5 Å². The minimum absolute atomic E-state index is 0.152. The van der Waals surface area contributed by atoms with Gasteiger partial charge in [-0.25, -0.2) is 0 Å². The van der Waals surface area contributed by atoms with Crippen molar-refractivity contribution in [3.63, 3.8) is 0 Å². The third-order valence-electron chi connectivity index (χ3n) is 5.68. The number of hydrogen-bond donors (Lipinski definition) is 1. The molecule has 0 saturated carbocycles. The zero-order valence-corrected chi connectivity index (χ0v) is 18.5. The zero-order valence-electron chi connectivity index (χ0n) is 18.5. The molecule has 2 heterocycles. The maximum atomic E-state index is 13.6. The Morgan fingerprint density at radius 2 is 1.72 bits per heavy atom. The van der Waals surface area contributed by atoms with E-state index in [1.165, 1.54) is 0 Å². The Balaban J connectivity index is 1.69. The lowest BCUT2D eigenvalue weighted by atomic mass is 9.97. The predicted molar refractivity (Wildman–Crippen MR) is 117 cm³/mol. The van der Waals surface area contributed by atoms with Crippen LogP contribution in [0.2, 0.25) is 0 Å². The van der Waals surface area contributed by atoms with E-state index in [0.717, 1.165) is 11.1 Å². The number of aliphatic hydroxyl groups is 1. The van der Waals surface area contributed by atoms with Gasteiger partial charge in [0, 0.05) is 18.7 Å². The summed E-state index contributed by atoms with van der Waals surface area (Å²) in [5.41, 5.74) is 3.47. The number of methoxy groups -OCH3 is 3. The van der Waals surface area contributed by atoms with Crippen LogP contribution in [0.4, 0.5) is 0 Å². The standard InChI is InChI=1S/C24H26N2O6/c1-14(27)23-21(22(25-32-23)15-5-7-18(29-2)8-6-15)24(28)26-10-9-16-11-19(30-3)20(31-4)12-17(16)13-26/h5-8,11-12,14,27H,9-10,13H2,1-4H3. The van der Waals surface area contributed by atoms with Crippen LogP contribution >= 0.6 is 0 Å². The van der Waals surface area contributed by atoms with Crippen molar-refractivity contribution >= 4 is 5.91 Å². The SMILES string of the molecule is COc1ccc(-c2noc(C(C)O)c2C(=O)N2CCc3cc(OC)c(OC)cc3C2)cc1. The van der Waals surface area contributed by atoms with E-state index in [2.05, 4.69) is 5.16 Å². The molecule has 0 fully saturated rings. The Morgan fingerprint density at radius 3 is 2.31 bits per heavy atom. The lowest BCUT2D eigenvalue weighted by molar-refractivity contribution is 0.0723. The second-order valence-corrected chi connectivity index (χ2v) is 7.63. The summed E-state index contributed by atoms with van der Waals surface area (Å²) in [6.45, 7) is 2.48. The number of carbonyl (C=O) groups is 1. The molecular formula is C24H26N2O6. The second kappa shape index (κ2) is 8.92. The molecule has 0 aliphatic carbocycles. The number of fused-ring (bicyclic) bond motifs is 1. The van der Waals surface area contributed by atoms with Crippen molar-refractivity contribution in [2.45, 2.75) is 26.0 Å². The van der Waals surface area contributed by atoms with Crippen LogP contribution in [-0.2, 0) is 13.0 Å². The minimum atomic E-state index is -0.977. The van der Waals surface area contributed by atoms with Crippen LogP contribution in [-0.4, -0.2) is 48.9 Å². The first-order chi connectivity index (χ1) is 15.5. The number of benzene rings is 2. The summed E-state index contributed by atoms with van der Waals surface area (Å²) < 4.78 is 21.4. The molecule has 8 heteroatoms. The third-order valence-corrected chi connectivity index (χ3v) is 5.68. The van der Waals surface area contributed by atoms with E-state index >= 15 is 0 Å². The topological polar surface area (TPSA) is 94.3 Å². The molecule has 1 unspecified atom stereocenters. The van der Waals surface area contributed by atoms with Crippen molar-refractivity contribution in [1.82, 2.24) is 10.1 Å². The Hall–Kier alpha value is -3.52. The van der Waals surface area contributed by atoms with Gasteiger partial charge in [-0.05, 0) is 60.9 Å². The van der Waals surface area contributed by atoms with E-state index in [1.807, 2.05) is 24.3 Å². The molecular weight excluding hydrogens is 412 g/mol. The molecule has 4 rings (SSSR count). The Kier molecular flexibility index (Phi) is 6.05. The summed E-state index contributed by atoms with van der Waals surface area (Å²) in [6, 6.07) is 11.1. The highest BCUT2D eigenvalue weighted by atomic mass is 16.5. The Labute approximate surface area is 186 Å². The van der Waals surface area contributed by atoms with Gasteiger partial charge in [0.05, 0.1) is 21.3 Å². The third kappa shape index (κ3) is 3.89. The summed E-state index contributed by atoms with van der Waals surface area (Å²) in [6.07, 6.45) is -0.302. The summed E-state index contributed by atoms with van der Waals surface area (Å²) in [7, 11) is 4.78. The molecule has 1 atom stereocenters. The van der Waals surface area contributed by atoms with Gasteiger partial charge >= 0.3 is 0 Å². The fourth-order valence-electron chi connectivity index (χ4n) is 3.96. The van der Waals surface area contributed by atoms with Crippen LogP contribution in [0, 0.1) is 0 Å². The van der Waals surface area contributed by atoms with E-state index in [9.17, 15) is 9.90 Å². The van der Waals surface area contributed by atoms with Gasteiger partial charge in [0.2, 0.25) is 0 Å². The molecule has 0 bridgehead atoms. The van der Waals surface area contributed by atoms with Crippen LogP contribution in [0.25, 0.3) is 11.3 Å². The minimum Gasteiger partial charge on any atom is -0.497 e. The average molecular weight is 438 g/mol. The van der Waals surface area contributed by atoms with E-state index in [4.69, 9.17) is 18.7 Å². The molecule has 3 aromatic rings. The highest BCUT2D eigenvalue weighted by Crippen LogP contribution is 2.35. The number of aromatic nitrogens is 1. The van der Waals surface area contributed by atoms with Gasteiger partial charge in [-0.15, -0.1) is 0 Å². The van der Waals surface area contributed by atoms with Gasteiger partial charge in [0.1, 0.15) is 23.1 Å². The van der Waals surface area contributed by atoms with E-state index in [0.29, 0.717) is 48.0 Å². The van der Waals surface area contributed by atoms with Crippen LogP contribution in [0.5, 0.6) is 17.2 Å². The molecule has 32 heavy (non-hydrogen) atoms. The number of carbonyl (C=O) groups excluding carboxylic acids is 1. The van der Waals surface area contributed by atoms with Gasteiger partial charge in [-0.2, -0.15) is 0 Å². The first-order valence-electron chi connectivity index (χ1n) is 10.3. The van der Waals surface area contributed by atoms with Crippen molar-refractivity contribution in [2.75, 3.05) is 27.9 Å². The van der Waals surface area contributed by atoms with Gasteiger partial charge in [-0.3, -0.25) is 4.79 Å². The predicted octanol–water partition coefficient (Wildman–Crippen LogP) is 3.62. The van der Waals surface area contributed by atoms with Crippen molar-refractivity contribution in [1.29, 1.82) is 0 Å². The van der Waals surface area contributed by atoms with Gasteiger partial charge in [-0.1, -0.05) is 5.16 Å². The van der Waals surface area contributed by atoms with E-state index in [1.54, 1.807) is 45.3 Å². The fourth-order valence-corrected chi connectivity index (χ4v) is 3.96. The molecule has 1 amide bonds. The quantitative estimate of drug-likeness (QED) is 0.628. The molecule has 8 nitrogen and oxygen atoms in total. The van der Waals surface area contributed by atoms with Crippen molar-refractivity contribution < 1.29 is 28.6 Å². The number of aliphatic hydroxyl groups excluding tert-OH is 1. The lowest BCUT2D eigenvalue weighted by Gasteiger charge is -2.30. The van der Waals surface area contributed by atoms with Crippen LogP contribution in [0.3, 0.4) is 0 Å². The van der Waals surface area contributed by atoms with Crippen LogP contribution < -0.4 is 14.2 Å². The van der Waals surface area contributed by atoms with Gasteiger partial charge in [0.25, 0.3) is 5.91 Å². The molecule has 0 saturated heterocycles. The molecule has 1 aliphatic rings. The zero-order chi connectivity index (χ0) is 22.8. The Bertz CT molecular complexity index is 1120. The van der Waals surface area contributed by atoms with Gasteiger partial charge in [0.15, 0.2) is 17.3 Å². The summed E-state index contributed by atoms with van der Waals surface area (Å²) >= 11 is 0. The summed E-state index contributed by atoms with van der Waals surface area (Å²) in [4.78, 5) is 15.4. The lowest BCUT2D eigenvalue weighted by Crippen LogP contribution is -2.36. The maximum Gasteiger partial charge on any atom is 0.260 e. The average Bonchev–Trinajstić information content (AvgIpc) is 3.27. The molecule has 1 aromatic heterocycles.